The summed E-state index contributed by atoms with van der Waals surface area (Å²) in [6.45, 7) is 1.60. The van der Waals surface area contributed by atoms with Crippen LogP contribution in [0.1, 0.15) is 35.7 Å². The summed E-state index contributed by atoms with van der Waals surface area (Å²) in [5.74, 6) is 0. The Morgan fingerprint density at radius 3 is 2.71 bits per heavy atom. The first-order valence-corrected chi connectivity index (χ1v) is 4.89. The van der Waals surface area contributed by atoms with Gasteiger partial charge in [0.15, 0.2) is 0 Å². The Bertz CT molecular complexity index is 353. The first-order chi connectivity index (χ1) is 6.69. The molecule has 2 rings (SSSR count). The van der Waals surface area contributed by atoms with Crippen LogP contribution in [0.2, 0.25) is 0 Å². The number of benzene rings is 1. The molecule has 0 bridgehead atoms. The van der Waals surface area contributed by atoms with E-state index in [1.165, 1.54) is 0 Å². The quantitative estimate of drug-likeness (QED) is 0.673. The van der Waals surface area contributed by atoms with Crippen LogP contribution in [-0.4, -0.2) is 12.5 Å². The van der Waals surface area contributed by atoms with E-state index < -0.39 is 6.17 Å². The van der Waals surface area contributed by atoms with Gasteiger partial charge in [0.2, 0.25) is 0 Å². The van der Waals surface area contributed by atoms with Crippen molar-refractivity contribution in [3.05, 3.63) is 35.4 Å². The Balaban J connectivity index is 2.37. The number of alkyl halides is 1. The number of rotatable bonds is 3. The highest BCUT2D eigenvalue weighted by atomic mass is 19.1. The van der Waals surface area contributed by atoms with Gasteiger partial charge >= 0.3 is 0 Å². The molecule has 0 radical (unpaired) electrons. The van der Waals surface area contributed by atoms with Crippen LogP contribution in [0.5, 0.6) is 0 Å². The second kappa shape index (κ2) is 3.19. The molecule has 1 aliphatic rings. The fraction of sp³-hybridized carbons (Fsp3) is 0.417. The molecule has 0 spiro atoms. The summed E-state index contributed by atoms with van der Waals surface area (Å²) in [5, 5.41) is 0. The van der Waals surface area contributed by atoms with Gasteiger partial charge in [-0.1, -0.05) is 18.2 Å². The Hall–Kier alpha value is -1.18. The minimum absolute atomic E-state index is 0.293. The minimum atomic E-state index is -0.829. The standard InChI is InChI=1S/C12H13FO/c1-9(13)12(5-6-12)11-4-2-3-10(7-11)8-14/h2-4,7-9H,5-6H2,1H3. The SMILES string of the molecule is CC(F)C1(c2cccc(C=O)c2)CC1. The highest BCUT2D eigenvalue weighted by Gasteiger charge is 2.49. The second-order valence-corrected chi connectivity index (χ2v) is 4.02. The molecule has 1 aliphatic carbocycles. The molecule has 2 heteroatoms. The van der Waals surface area contributed by atoms with Crippen molar-refractivity contribution >= 4 is 6.29 Å². The summed E-state index contributed by atoms with van der Waals surface area (Å²) >= 11 is 0. The Morgan fingerprint density at radius 2 is 2.21 bits per heavy atom. The Kier molecular flexibility index (Phi) is 2.14. The molecule has 14 heavy (non-hydrogen) atoms. The molecule has 0 saturated heterocycles. The average Bonchev–Trinajstić information content (AvgIpc) is 2.98. The number of hydrogen-bond donors (Lipinski definition) is 0. The summed E-state index contributed by atoms with van der Waals surface area (Å²) in [6, 6.07) is 7.28. The monoisotopic (exact) mass is 192 g/mol. The largest absolute Gasteiger partial charge is 0.298 e. The summed E-state index contributed by atoms with van der Waals surface area (Å²) in [6.07, 6.45) is 1.77. The lowest BCUT2D eigenvalue weighted by atomic mass is 9.91. The molecule has 1 unspecified atom stereocenters. The van der Waals surface area contributed by atoms with Gasteiger partial charge in [0, 0.05) is 11.0 Å². The molecule has 1 aromatic rings. The van der Waals surface area contributed by atoms with Crippen molar-refractivity contribution in [2.75, 3.05) is 0 Å². The normalized spacial score (nSPS) is 20.1. The molecule has 0 N–H and O–H groups in total. The van der Waals surface area contributed by atoms with E-state index in [2.05, 4.69) is 0 Å². The number of halogens is 1. The molecule has 1 atom stereocenters. The average molecular weight is 192 g/mol. The van der Waals surface area contributed by atoms with Crippen molar-refractivity contribution in [1.29, 1.82) is 0 Å². The topological polar surface area (TPSA) is 17.1 Å². The fourth-order valence-electron chi connectivity index (χ4n) is 1.97. The van der Waals surface area contributed by atoms with Crippen molar-refractivity contribution in [3.63, 3.8) is 0 Å². The van der Waals surface area contributed by atoms with Crippen molar-refractivity contribution in [1.82, 2.24) is 0 Å². The third-order valence-electron chi connectivity index (χ3n) is 3.15. The van der Waals surface area contributed by atoms with E-state index in [0.717, 1.165) is 24.7 Å². The minimum Gasteiger partial charge on any atom is -0.298 e. The Labute approximate surface area is 82.9 Å². The van der Waals surface area contributed by atoms with E-state index >= 15 is 0 Å². The summed E-state index contributed by atoms with van der Waals surface area (Å²) in [4.78, 5) is 10.6. The highest BCUT2D eigenvalue weighted by Crippen LogP contribution is 2.52. The maximum Gasteiger partial charge on any atom is 0.150 e. The van der Waals surface area contributed by atoms with Gasteiger partial charge in [0.1, 0.15) is 12.5 Å². The van der Waals surface area contributed by atoms with E-state index in [9.17, 15) is 9.18 Å². The lowest BCUT2D eigenvalue weighted by Crippen LogP contribution is -2.18. The first-order valence-electron chi connectivity index (χ1n) is 4.89. The van der Waals surface area contributed by atoms with Crippen LogP contribution in [0, 0.1) is 0 Å². The molecule has 1 saturated carbocycles. The zero-order valence-electron chi connectivity index (χ0n) is 8.16. The van der Waals surface area contributed by atoms with E-state index in [1.807, 2.05) is 12.1 Å². The van der Waals surface area contributed by atoms with Gasteiger partial charge in [-0.3, -0.25) is 4.79 Å². The van der Waals surface area contributed by atoms with E-state index in [4.69, 9.17) is 0 Å². The maximum absolute atomic E-state index is 13.4. The molecule has 1 aromatic carbocycles. The predicted molar refractivity (Wildman–Crippen MR) is 53.3 cm³/mol. The van der Waals surface area contributed by atoms with Gasteiger partial charge < -0.3 is 0 Å². The van der Waals surface area contributed by atoms with Crippen LogP contribution in [0.25, 0.3) is 0 Å². The highest BCUT2D eigenvalue weighted by molar-refractivity contribution is 5.75. The van der Waals surface area contributed by atoms with Gasteiger partial charge in [-0.2, -0.15) is 0 Å². The number of aldehydes is 1. The van der Waals surface area contributed by atoms with Crippen molar-refractivity contribution in [3.8, 4) is 0 Å². The van der Waals surface area contributed by atoms with Crippen molar-refractivity contribution in [2.24, 2.45) is 0 Å². The third kappa shape index (κ3) is 1.35. The van der Waals surface area contributed by atoms with Crippen LogP contribution < -0.4 is 0 Å². The van der Waals surface area contributed by atoms with Gasteiger partial charge in [-0.15, -0.1) is 0 Å². The van der Waals surface area contributed by atoms with Crippen molar-refractivity contribution < 1.29 is 9.18 Å². The fourth-order valence-corrected chi connectivity index (χ4v) is 1.97. The lowest BCUT2D eigenvalue weighted by molar-refractivity contribution is 0.112. The van der Waals surface area contributed by atoms with Crippen LogP contribution in [0.4, 0.5) is 4.39 Å². The van der Waals surface area contributed by atoms with Crippen LogP contribution in [0.3, 0.4) is 0 Å². The first kappa shape index (κ1) is 9.38. The van der Waals surface area contributed by atoms with Crippen LogP contribution >= 0.6 is 0 Å². The van der Waals surface area contributed by atoms with Gasteiger partial charge in [0.05, 0.1) is 0 Å². The van der Waals surface area contributed by atoms with Gasteiger partial charge in [-0.25, -0.2) is 4.39 Å². The maximum atomic E-state index is 13.4. The van der Waals surface area contributed by atoms with Gasteiger partial charge in [0.25, 0.3) is 0 Å². The third-order valence-corrected chi connectivity index (χ3v) is 3.15. The number of carbonyl (C=O) groups is 1. The zero-order chi connectivity index (χ0) is 10.2. The second-order valence-electron chi connectivity index (χ2n) is 4.02. The summed E-state index contributed by atoms with van der Waals surface area (Å²) in [5.41, 5.74) is 1.31. The van der Waals surface area contributed by atoms with E-state index in [1.54, 1.807) is 19.1 Å². The van der Waals surface area contributed by atoms with E-state index in [0.29, 0.717) is 5.56 Å². The molecule has 0 heterocycles. The molecular weight excluding hydrogens is 179 g/mol. The van der Waals surface area contributed by atoms with Crippen molar-refractivity contribution in [2.45, 2.75) is 31.4 Å². The summed E-state index contributed by atoms with van der Waals surface area (Å²) in [7, 11) is 0. The molecule has 0 amide bonds. The molecule has 1 nitrogen and oxygen atoms in total. The van der Waals surface area contributed by atoms with Crippen LogP contribution in [0.15, 0.2) is 24.3 Å². The predicted octanol–water partition coefficient (Wildman–Crippen LogP) is 2.89. The van der Waals surface area contributed by atoms with Crippen LogP contribution in [-0.2, 0) is 5.41 Å². The number of carbonyl (C=O) groups excluding carboxylic acids is 1. The molecule has 0 aromatic heterocycles. The smallest absolute Gasteiger partial charge is 0.150 e. The molecule has 0 aliphatic heterocycles. The molecule has 1 fully saturated rings. The van der Waals surface area contributed by atoms with E-state index in [-0.39, 0.29) is 5.41 Å². The van der Waals surface area contributed by atoms with Gasteiger partial charge in [-0.05, 0) is 31.4 Å². The summed E-state index contributed by atoms with van der Waals surface area (Å²) < 4.78 is 13.4. The Morgan fingerprint density at radius 1 is 1.50 bits per heavy atom. The zero-order valence-corrected chi connectivity index (χ0v) is 8.16. The molecule has 74 valence electrons. The molecular formula is C12H13FO. The number of hydrogen-bond acceptors (Lipinski definition) is 1. The lowest BCUT2D eigenvalue weighted by Gasteiger charge is -2.17.